The summed E-state index contributed by atoms with van der Waals surface area (Å²) in [5, 5.41) is 15.4. The number of nitrogens with zero attached hydrogens (tertiary/aromatic N) is 3. The van der Waals surface area contributed by atoms with Crippen molar-refractivity contribution in [2.75, 3.05) is 7.11 Å². The fourth-order valence-electron chi connectivity index (χ4n) is 3.28. The van der Waals surface area contributed by atoms with Crippen LogP contribution in [0.3, 0.4) is 0 Å². The molecule has 31 heavy (non-hydrogen) atoms. The van der Waals surface area contributed by atoms with Crippen LogP contribution in [-0.2, 0) is 0 Å². The molecule has 0 aliphatic rings. The van der Waals surface area contributed by atoms with E-state index in [0.29, 0.717) is 22.6 Å². The molecule has 1 N–H and O–H groups in total. The number of nitrogens with one attached hydrogen (secondary N) is 1. The maximum atomic E-state index is 12.4. The van der Waals surface area contributed by atoms with Gasteiger partial charge in [0.2, 0.25) is 0 Å². The molecule has 0 aliphatic carbocycles. The molecule has 9 heteroatoms. The normalized spacial score (nSPS) is 11.0. The number of hydrogen-bond donors (Lipinski definition) is 1. The Morgan fingerprint density at radius 2 is 1.94 bits per heavy atom. The van der Waals surface area contributed by atoms with Gasteiger partial charge in [0, 0.05) is 34.1 Å². The molecule has 0 saturated carbocycles. The van der Waals surface area contributed by atoms with Gasteiger partial charge in [0.25, 0.3) is 11.6 Å². The van der Waals surface area contributed by atoms with Crippen LogP contribution in [0.25, 0.3) is 5.69 Å². The van der Waals surface area contributed by atoms with Crippen LogP contribution in [0.1, 0.15) is 32.9 Å². The zero-order valence-corrected chi connectivity index (χ0v) is 19.6. The standard InChI is InChI=1S/C22H21IN4O4/c1-13-5-7-18(11-20(13)27(29)30)26-14(2)9-17(15(26)3)12-24-25-22(28)16-6-8-19(23)21(10-16)31-4/h5-12H,1-4H3,(H,25,28)/b24-12-. The molecule has 0 spiro atoms. The molecule has 0 fully saturated rings. The molecular formula is C22H21IN4O4. The molecule has 0 bridgehead atoms. The Morgan fingerprint density at radius 3 is 2.61 bits per heavy atom. The Morgan fingerprint density at radius 1 is 1.19 bits per heavy atom. The molecule has 3 aromatic rings. The molecule has 0 saturated heterocycles. The van der Waals surface area contributed by atoms with Crippen molar-refractivity contribution >= 4 is 40.4 Å². The molecule has 0 aliphatic heterocycles. The van der Waals surface area contributed by atoms with Crippen molar-refractivity contribution in [2.24, 2.45) is 5.10 Å². The molecule has 0 atom stereocenters. The molecule has 160 valence electrons. The lowest BCUT2D eigenvalue weighted by Crippen LogP contribution is -2.17. The van der Waals surface area contributed by atoms with E-state index in [-0.39, 0.29) is 16.5 Å². The maximum Gasteiger partial charge on any atom is 0.274 e. The van der Waals surface area contributed by atoms with Crippen LogP contribution >= 0.6 is 22.6 Å². The van der Waals surface area contributed by atoms with Crippen molar-refractivity contribution in [1.29, 1.82) is 0 Å². The van der Waals surface area contributed by atoms with E-state index in [4.69, 9.17) is 4.74 Å². The number of hydrazone groups is 1. The second-order valence-electron chi connectivity index (χ2n) is 6.94. The molecular weight excluding hydrogens is 511 g/mol. The third kappa shape index (κ3) is 4.76. The third-order valence-corrected chi connectivity index (χ3v) is 5.79. The summed E-state index contributed by atoms with van der Waals surface area (Å²) in [6.45, 7) is 5.51. The second kappa shape index (κ2) is 9.29. The van der Waals surface area contributed by atoms with Crippen molar-refractivity contribution in [3.63, 3.8) is 0 Å². The lowest BCUT2D eigenvalue weighted by atomic mass is 10.2. The average Bonchev–Trinajstić information content (AvgIpc) is 3.01. The molecule has 3 rings (SSSR count). The largest absolute Gasteiger partial charge is 0.496 e. The molecule has 1 amide bonds. The number of aromatic nitrogens is 1. The van der Waals surface area contributed by atoms with Crippen LogP contribution in [0.5, 0.6) is 5.75 Å². The van der Waals surface area contributed by atoms with E-state index < -0.39 is 0 Å². The van der Waals surface area contributed by atoms with Gasteiger partial charge in [-0.3, -0.25) is 14.9 Å². The first kappa shape index (κ1) is 22.5. The van der Waals surface area contributed by atoms with E-state index in [2.05, 4.69) is 33.1 Å². The van der Waals surface area contributed by atoms with E-state index in [1.165, 1.54) is 0 Å². The molecule has 2 aromatic carbocycles. The third-order valence-electron chi connectivity index (χ3n) is 4.90. The first-order valence-corrected chi connectivity index (χ1v) is 10.4. The van der Waals surface area contributed by atoms with Gasteiger partial charge in [-0.15, -0.1) is 0 Å². The number of rotatable bonds is 6. The molecule has 1 heterocycles. The number of nitro benzene ring substituents is 1. The lowest BCUT2D eigenvalue weighted by molar-refractivity contribution is -0.385. The Bertz CT molecular complexity index is 1200. The van der Waals surface area contributed by atoms with Crippen LogP contribution in [0.4, 0.5) is 5.69 Å². The number of halogens is 1. The summed E-state index contributed by atoms with van der Waals surface area (Å²) < 4.78 is 8.07. The first-order valence-electron chi connectivity index (χ1n) is 9.34. The highest BCUT2D eigenvalue weighted by molar-refractivity contribution is 14.1. The van der Waals surface area contributed by atoms with Crippen LogP contribution in [0.15, 0.2) is 47.6 Å². The van der Waals surface area contributed by atoms with E-state index in [0.717, 1.165) is 20.5 Å². The smallest absolute Gasteiger partial charge is 0.274 e. The summed E-state index contributed by atoms with van der Waals surface area (Å²) in [5.41, 5.74) is 6.87. The van der Waals surface area contributed by atoms with E-state index in [1.807, 2.05) is 30.5 Å². The minimum absolute atomic E-state index is 0.0698. The number of methoxy groups -OCH3 is 1. The summed E-state index contributed by atoms with van der Waals surface area (Å²) in [6, 6.07) is 12.2. The summed E-state index contributed by atoms with van der Waals surface area (Å²) in [4.78, 5) is 23.3. The van der Waals surface area contributed by atoms with Gasteiger partial charge in [0.1, 0.15) is 5.75 Å². The number of carbonyl (C=O) groups excluding carboxylic acids is 1. The van der Waals surface area contributed by atoms with E-state index in [9.17, 15) is 14.9 Å². The topological polar surface area (TPSA) is 98.8 Å². The molecule has 0 unspecified atom stereocenters. The Balaban J connectivity index is 1.83. The number of carbonyl (C=O) groups is 1. The number of aryl methyl sites for hydroxylation is 2. The number of amides is 1. The molecule has 8 nitrogen and oxygen atoms in total. The summed E-state index contributed by atoms with van der Waals surface area (Å²) in [6.07, 6.45) is 1.56. The predicted octanol–water partition coefficient (Wildman–Crippen LogP) is 4.69. The van der Waals surface area contributed by atoms with Gasteiger partial charge >= 0.3 is 0 Å². The minimum atomic E-state index is -0.384. The van der Waals surface area contributed by atoms with Crippen LogP contribution in [-0.4, -0.2) is 28.7 Å². The van der Waals surface area contributed by atoms with Crippen molar-refractivity contribution < 1.29 is 14.5 Å². The van der Waals surface area contributed by atoms with Crippen molar-refractivity contribution in [2.45, 2.75) is 20.8 Å². The van der Waals surface area contributed by atoms with Gasteiger partial charge in [-0.2, -0.15) is 5.10 Å². The number of nitro groups is 1. The fraction of sp³-hybridized carbons (Fsp3) is 0.182. The van der Waals surface area contributed by atoms with Crippen molar-refractivity contribution in [1.82, 2.24) is 9.99 Å². The SMILES string of the molecule is COc1cc(C(=O)N/N=C\c2cc(C)n(-c3ccc(C)c([N+](=O)[O-])c3)c2C)ccc1I. The Kier molecular flexibility index (Phi) is 6.74. The van der Waals surface area contributed by atoms with E-state index >= 15 is 0 Å². The van der Waals surface area contributed by atoms with Crippen LogP contribution in [0.2, 0.25) is 0 Å². The average molecular weight is 532 g/mol. The number of ether oxygens (including phenoxy) is 1. The zero-order chi connectivity index (χ0) is 22.7. The summed E-state index contributed by atoms with van der Waals surface area (Å²) in [7, 11) is 1.55. The van der Waals surface area contributed by atoms with Crippen LogP contribution in [0, 0.1) is 34.5 Å². The predicted molar refractivity (Wildman–Crippen MR) is 127 cm³/mol. The van der Waals surface area contributed by atoms with Crippen molar-refractivity contribution in [3.05, 3.63) is 84.2 Å². The molecule has 0 radical (unpaired) electrons. The first-order chi connectivity index (χ1) is 14.7. The van der Waals surface area contributed by atoms with Gasteiger partial charge in [-0.1, -0.05) is 6.07 Å². The Hall–Kier alpha value is -3.21. The minimum Gasteiger partial charge on any atom is -0.496 e. The lowest BCUT2D eigenvalue weighted by Gasteiger charge is -2.10. The monoisotopic (exact) mass is 532 g/mol. The van der Waals surface area contributed by atoms with Gasteiger partial charge in [0.15, 0.2) is 0 Å². The maximum absolute atomic E-state index is 12.4. The highest BCUT2D eigenvalue weighted by Gasteiger charge is 2.15. The van der Waals surface area contributed by atoms with Gasteiger partial charge < -0.3 is 9.30 Å². The highest BCUT2D eigenvalue weighted by Crippen LogP contribution is 2.26. The van der Waals surface area contributed by atoms with Gasteiger partial charge in [-0.25, -0.2) is 5.43 Å². The molecule has 1 aromatic heterocycles. The van der Waals surface area contributed by atoms with Crippen LogP contribution < -0.4 is 10.2 Å². The number of benzene rings is 2. The van der Waals surface area contributed by atoms with Gasteiger partial charge in [-0.05, 0) is 73.7 Å². The van der Waals surface area contributed by atoms with Gasteiger partial charge in [0.05, 0.1) is 27.5 Å². The quantitative estimate of drug-likeness (QED) is 0.216. The number of hydrogen-bond acceptors (Lipinski definition) is 5. The highest BCUT2D eigenvalue weighted by atomic mass is 127. The second-order valence-corrected chi connectivity index (χ2v) is 8.10. The fourth-order valence-corrected chi connectivity index (χ4v) is 3.83. The summed E-state index contributed by atoms with van der Waals surface area (Å²) >= 11 is 2.13. The zero-order valence-electron chi connectivity index (χ0n) is 17.5. The summed E-state index contributed by atoms with van der Waals surface area (Å²) in [5.74, 6) is 0.266. The van der Waals surface area contributed by atoms with Crippen molar-refractivity contribution in [3.8, 4) is 11.4 Å². The Labute approximate surface area is 193 Å². The van der Waals surface area contributed by atoms with E-state index in [1.54, 1.807) is 50.6 Å².